The number of amides is 2. The molecule has 0 radical (unpaired) electrons. The Hall–Kier alpha value is -3.10. The summed E-state index contributed by atoms with van der Waals surface area (Å²) in [6, 6.07) is 0.0486. The lowest BCUT2D eigenvalue weighted by atomic mass is 10.0. The highest BCUT2D eigenvalue weighted by Crippen LogP contribution is 2.29. The molecule has 3 heterocycles. The molecule has 2 amide bonds. The summed E-state index contributed by atoms with van der Waals surface area (Å²) in [6.07, 6.45) is 8.26. The van der Waals surface area contributed by atoms with Gasteiger partial charge in [-0.05, 0) is 51.5 Å². The molecule has 2 aromatic rings. The van der Waals surface area contributed by atoms with Gasteiger partial charge in [0.05, 0.1) is 6.20 Å². The number of nitrogens with zero attached hydrogens (tertiary/aromatic N) is 4. The first-order chi connectivity index (χ1) is 15.1. The van der Waals surface area contributed by atoms with Crippen LogP contribution in [0, 0.1) is 5.92 Å². The number of likely N-dealkylation sites (tertiary alicyclic amines) is 1. The van der Waals surface area contributed by atoms with Gasteiger partial charge < -0.3 is 15.3 Å². The first kappa shape index (κ1) is 22.1. The van der Waals surface area contributed by atoms with Gasteiger partial charge in [0, 0.05) is 36.3 Å². The minimum Gasteiger partial charge on any atom is -0.492 e. The molecule has 1 saturated heterocycles. The fourth-order valence-corrected chi connectivity index (χ4v) is 4.32. The largest absolute Gasteiger partial charge is 0.492 e. The first-order valence-corrected chi connectivity index (χ1v) is 11.2. The minimum atomic E-state index is -0.589. The number of aromatic hydroxyl groups is 1. The van der Waals surface area contributed by atoms with Crippen molar-refractivity contribution in [3.05, 3.63) is 33.8 Å². The summed E-state index contributed by atoms with van der Waals surface area (Å²) >= 11 is 0. The van der Waals surface area contributed by atoms with Gasteiger partial charge in [-0.3, -0.25) is 19.0 Å². The minimum absolute atomic E-state index is 0.0486. The predicted molar refractivity (Wildman–Crippen MR) is 121 cm³/mol. The van der Waals surface area contributed by atoms with Crippen molar-refractivity contribution < 1.29 is 14.7 Å². The monoisotopic (exact) mass is 441 g/mol. The summed E-state index contributed by atoms with van der Waals surface area (Å²) in [6.45, 7) is 9.08. The molecular weight excluding hydrogens is 410 g/mol. The van der Waals surface area contributed by atoms with Gasteiger partial charge in [0.1, 0.15) is 5.65 Å². The number of carbonyl (C=O) groups is 2. The average Bonchev–Trinajstić information content (AvgIpc) is 3.29. The van der Waals surface area contributed by atoms with Gasteiger partial charge in [0.2, 0.25) is 11.8 Å². The highest BCUT2D eigenvalue weighted by Gasteiger charge is 2.34. The second-order valence-corrected chi connectivity index (χ2v) is 9.83. The summed E-state index contributed by atoms with van der Waals surface area (Å²) < 4.78 is 2.67. The standard InChI is InChI=1S/C23H31N5O4/c1-14(2)13-26-20-15(6-9-17(29)27-11-5-10-23(27,3)4)12-24-28(20)22(32)18(21(26)31)19(30)25-16-7-8-16/h6,9,12,14,16,32H,5,7-8,10-11,13H2,1-4H3,(H,25,30). The number of fused-ring (bicyclic) bond motifs is 1. The van der Waals surface area contributed by atoms with E-state index < -0.39 is 17.3 Å². The molecule has 4 rings (SSSR count). The number of aromatic nitrogens is 3. The van der Waals surface area contributed by atoms with Crippen molar-refractivity contribution in [1.82, 2.24) is 24.4 Å². The maximum absolute atomic E-state index is 13.3. The zero-order valence-electron chi connectivity index (χ0n) is 19.1. The quantitative estimate of drug-likeness (QED) is 0.668. The van der Waals surface area contributed by atoms with Gasteiger partial charge in [-0.15, -0.1) is 0 Å². The van der Waals surface area contributed by atoms with Gasteiger partial charge in [0.15, 0.2) is 5.56 Å². The van der Waals surface area contributed by atoms with E-state index >= 15 is 0 Å². The van der Waals surface area contributed by atoms with E-state index in [4.69, 9.17) is 0 Å². The van der Waals surface area contributed by atoms with Crippen molar-refractivity contribution in [2.45, 2.75) is 71.5 Å². The van der Waals surface area contributed by atoms with Crippen LogP contribution in [0.25, 0.3) is 11.7 Å². The van der Waals surface area contributed by atoms with Crippen LogP contribution in [0.2, 0.25) is 0 Å². The second-order valence-electron chi connectivity index (χ2n) is 9.83. The zero-order valence-corrected chi connectivity index (χ0v) is 19.1. The van der Waals surface area contributed by atoms with Crippen molar-refractivity contribution in [2.75, 3.05) is 6.54 Å². The smallest absolute Gasteiger partial charge is 0.270 e. The molecule has 1 aliphatic heterocycles. The van der Waals surface area contributed by atoms with Gasteiger partial charge >= 0.3 is 0 Å². The molecule has 2 aliphatic rings. The van der Waals surface area contributed by atoms with Gasteiger partial charge in [-0.25, -0.2) is 0 Å². The Morgan fingerprint density at radius 1 is 1.34 bits per heavy atom. The Morgan fingerprint density at radius 3 is 2.66 bits per heavy atom. The third-order valence-electron chi connectivity index (χ3n) is 6.17. The highest BCUT2D eigenvalue weighted by molar-refractivity contribution is 5.97. The van der Waals surface area contributed by atoms with Crippen LogP contribution in [-0.4, -0.2) is 54.1 Å². The van der Waals surface area contributed by atoms with E-state index in [9.17, 15) is 19.5 Å². The van der Waals surface area contributed by atoms with Crippen LogP contribution in [-0.2, 0) is 11.3 Å². The fourth-order valence-electron chi connectivity index (χ4n) is 4.32. The van der Waals surface area contributed by atoms with E-state index in [1.54, 1.807) is 6.08 Å². The molecule has 9 nitrogen and oxygen atoms in total. The SMILES string of the molecule is CC(C)Cn1c(=O)c(C(=O)NC2CC2)c(O)n2ncc(C=CC(=O)N3CCCC3(C)C)c12. The lowest BCUT2D eigenvalue weighted by molar-refractivity contribution is -0.128. The molecule has 2 fully saturated rings. The lowest BCUT2D eigenvalue weighted by Gasteiger charge is -2.30. The van der Waals surface area contributed by atoms with Crippen LogP contribution in [0.5, 0.6) is 5.88 Å². The molecular formula is C23H31N5O4. The lowest BCUT2D eigenvalue weighted by Crippen LogP contribution is -2.41. The van der Waals surface area contributed by atoms with Crippen LogP contribution >= 0.6 is 0 Å². The summed E-state index contributed by atoms with van der Waals surface area (Å²) in [7, 11) is 0. The Morgan fingerprint density at radius 2 is 2.06 bits per heavy atom. The van der Waals surface area contributed by atoms with Crippen molar-refractivity contribution >= 4 is 23.5 Å². The van der Waals surface area contributed by atoms with Crippen LogP contribution < -0.4 is 10.9 Å². The third-order valence-corrected chi connectivity index (χ3v) is 6.17. The third kappa shape index (κ3) is 4.03. The summed E-state index contributed by atoms with van der Waals surface area (Å²) in [5.41, 5.74) is -0.182. The number of carbonyl (C=O) groups excluding carboxylic acids is 2. The zero-order chi connectivity index (χ0) is 23.2. The van der Waals surface area contributed by atoms with Crippen molar-refractivity contribution in [3.63, 3.8) is 0 Å². The van der Waals surface area contributed by atoms with E-state index in [2.05, 4.69) is 10.4 Å². The van der Waals surface area contributed by atoms with Crippen LogP contribution in [0.1, 0.15) is 69.3 Å². The topological polar surface area (TPSA) is 109 Å². The molecule has 172 valence electrons. The van der Waals surface area contributed by atoms with Crippen LogP contribution in [0.15, 0.2) is 17.1 Å². The first-order valence-electron chi connectivity index (χ1n) is 11.2. The maximum Gasteiger partial charge on any atom is 0.270 e. The Kier molecular flexibility index (Phi) is 5.60. The maximum atomic E-state index is 13.3. The van der Waals surface area contributed by atoms with E-state index in [1.807, 2.05) is 32.6 Å². The molecule has 0 spiro atoms. The van der Waals surface area contributed by atoms with Crippen molar-refractivity contribution in [1.29, 1.82) is 0 Å². The molecule has 0 aromatic carbocycles. The Balaban J connectivity index is 1.77. The number of rotatable bonds is 6. The molecule has 9 heteroatoms. The van der Waals surface area contributed by atoms with Gasteiger partial charge in [0.25, 0.3) is 11.5 Å². The average molecular weight is 442 g/mol. The highest BCUT2D eigenvalue weighted by atomic mass is 16.3. The number of nitrogens with one attached hydrogen (secondary N) is 1. The predicted octanol–water partition coefficient (Wildman–Crippen LogP) is 2.16. The van der Waals surface area contributed by atoms with Gasteiger partial charge in [-0.1, -0.05) is 13.8 Å². The Bertz CT molecular complexity index is 1150. The molecule has 0 atom stereocenters. The van der Waals surface area contributed by atoms with Gasteiger partial charge in [-0.2, -0.15) is 9.61 Å². The molecule has 1 saturated carbocycles. The molecule has 2 N–H and O–H groups in total. The molecule has 32 heavy (non-hydrogen) atoms. The number of hydrogen-bond donors (Lipinski definition) is 2. The Labute approximate surface area is 186 Å². The molecule has 1 aliphatic carbocycles. The molecule has 0 unspecified atom stereocenters. The van der Waals surface area contributed by atoms with E-state index in [-0.39, 0.29) is 29.0 Å². The van der Waals surface area contributed by atoms with Crippen LogP contribution in [0.3, 0.4) is 0 Å². The van der Waals surface area contributed by atoms with E-state index in [0.717, 1.165) is 25.7 Å². The van der Waals surface area contributed by atoms with Crippen molar-refractivity contribution in [3.8, 4) is 5.88 Å². The normalized spacial score (nSPS) is 18.2. The molecule has 2 aromatic heterocycles. The fraction of sp³-hybridized carbons (Fsp3) is 0.565. The summed E-state index contributed by atoms with van der Waals surface area (Å²) in [4.78, 5) is 40.5. The number of hydrogen-bond acceptors (Lipinski definition) is 5. The molecule has 0 bridgehead atoms. The van der Waals surface area contributed by atoms with E-state index in [1.165, 1.54) is 21.4 Å². The second kappa shape index (κ2) is 8.11. The van der Waals surface area contributed by atoms with Crippen LogP contribution in [0.4, 0.5) is 0 Å². The summed E-state index contributed by atoms with van der Waals surface area (Å²) in [5, 5.41) is 17.7. The van der Waals surface area contributed by atoms with E-state index in [0.29, 0.717) is 24.3 Å². The summed E-state index contributed by atoms with van der Waals surface area (Å²) in [5.74, 6) is -1.07. The van der Waals surface area contributed by atoms with Crippen molar-refractivity contribution in [2.24, 2.45) is 5.92 Å².